The van der Waals surface area contributed by atoms with E-state index in [1.54, 1.807) is 20.8 Å². The maximum Gasteiger partial charge on any atom is 0.405 e. The number of hydrogen-bond donors (Lipinski definition) is 2. The Morgan fingerprint density at radius 3 is 2.14 bits per heavy atom. The summed E-state index contributed by atoms with van der Waals surface area (Å²) < 4.78 is 4.58. The van der Waals surface area contributed by atoms with E-state index in [-0.39, 0.29) is 0 Å². The van der Waals surface area contributed by atoms with Crippen molar-refractivity contribution in [3.8, 4) is 11.1 Å². The van der Waals surface area contributed by atoms with E-state index in [9.17, 15) is 4.79 Å². The van der Waals surface area contributed by atoms with E-state index in [1.165, 1.54) is 22.2 Å². The number of H-pyrrole nitrogens is 1. The molecule has 0 aliphatic rings. The molecule has 0 radical (unpaired) electrons. The molecule has 4 nitrogen and oxygen atoms in total. The lowest BCUT2D eigenvalue weighted by molar-refractivity contribution is 0.0600. The highest BCUT2D eigenvalue weighted by Crippen LogP contribution is 2.28. The average molecular weight is 284 g/mol. The monoisotopic (exact) mass is 284 g/mol. The molecule has 2 aromatic heterocycles. The second-order valence-corrected chi connectivity index (χ2v) is 5.78. The van der Waals surface area contributed by atoms with Crippen molar-refractivity contribution in [1.82, 2.24) is 4.98 Å². The van der Waals surface area contributed by atoms with E-state index in [2.05, 4.69) is 52.2 Å². The maximum atomic E-state index is 10.0. The summed E-state index contributed by atoms with van der Waals surface area (Å²) in [7, 11) is 0. The summed E-state index contributed by atoms with van der Waals surface area (Å²) in [6.07, 6.45) is -0.725. The predicted octanol–water partition coefficient (Wildman–Crippen LogP) is 4.15. The number of aromatic amines is 1. The van der Waals surface area contributed by atoms with Gasteiger partial charge in [-0.25, -0.2) is 4.79 Å². The van der Waals surface area contributed by atoms with Crippen LogP contribution in [0.3, 0.4) is 0 Å². The minimum absolute atomic E-state index is 0.453. The Balaban J connectivity index is 0.000000177. The molecule has 0 saturated heterocycles. The summed E-state index contributed by atoms with van der Waals surface area (Å²) in [6, 6.07) is 16.8. The normalized spacial score (nSPS) is 11.0. The van der Waals surface area contributed by atoms with E-state index < -0.39 is 11.7 Å². The Labute approximate surface area is 124 Å². The van der Waals surface area contributed by atoms with Crippen molar-refractivity contribution < 1.29 is 9.53 Å². The van der Waals surface area contributed by atoms with Gasteiger partial charge in [0.25, 0.3) is 0 Å². The number of fused-ring (bicyclic) bond motifs is 2. The predicted molar refractivity (Wildman–Crippen MR) is 85.3 cm³/mol. The summed E-state index contributed by atoms with van der Waals surface area (Å²) in [6.45, 7) is 5.28. The molecular formula is C17H20N2O2. The van der Waals surface area contributed by atoms with Crippen LogP contribution in [0.1, 0.15) is 20.8 Å². The molecule has 0 unspecified atom stereocenters. The van der Waals surface area contributed by atoms with Gasteiger partial charge >= 0.3 is 6.09 Å². The van der Waals surface area contributed by atoms with Crippen LogP contribution in [0.4, 0.5) is 4.79 Å². The van der Waals surface area contributed by atoms with Crippen LogP contribution in [0, 0.1) is 0 Å². The highest BCUT2D eigenvalue weighted by molar-refractivity contribution is 5.88. The minimum Gasteiger partial charge on any atom is -0.444 e. The fourth-order valence-electron chi connectivity index (χ4n) is 2.04. The zero-order chi connectivity index (χ0) is 15.5. The van der Waals surface area contributed by atoms with Crippen LogP contribution in [0.2, 0.25) is 0 Å². The minimum atomic E-state index is -0.725. The molecule has 0 atom stereocenters. The van der Waals surface area contributed by atoms with Crippen molar-refractivity contribution in [2.45, 2.75) is 26.4 Å². The topological polar surface area (TPSA) is 68.1 Å². The summed E-state index contributed by atoms with van der Waals surface area (Å²) in [5.74, 6) is 0. The summed E-state index contributed by atoms with van der Waals surface area (Å²) in [5.41, 5.74) is 9.28. The van der Waals surface area contributed by atoms with Crippen LogP contribution in [0.5, 0.6) is 0 Å². The molecule has 2 heterocycles. The van der Waals surface area contributed by atoms with Crippen LogP contribution in [0.15, 0.2) is 48.5 Å². The van der Waals surface area contributed by atoms with E-state index in [4.69, 9.17) is 5.73 Å². The van der Waals surface area contributed by atoms with E-state index in [0.717, 1.165) is 0 Å². The second kappa shape index (κ2) is 5.87. The number of carbonyl (C=O) groups excluding carboxylic acids is 1. The van der Waals surface area contributed by atoms with Gasteiger partial charge in [0.15, 0.2) is 0 Å². The first kappa shape index (κ1) is 14.9. The number of hydrogen-bond acceptors (Lipinski definition) is 2. The zero-order valence-corrected chi connectivity index (χ0v) is 12.5. The third-order valence-corrected chi connectivity index (χ3v) is 2.79. The zero-order valence-electron chi connectivity index (χ0n) is 12.5. The van der Waals surface area contributed by atoms with Crippen LogP contribution in [0.25, 0.3) is 22.2 Å². The Morgan fingerprint density at radius 1 is 1.10 bits per heavy atom. The first-order valence-corrected chi connectivity index (χ1v) is 6.80. The number of ether oxygens (including phenoxy) is 1. The van der Waals surface area contributed by atoms with Crippen LogP contribution in [-0.2, 0) is 4.74 Å². The maximum absolute atomic E-state index is 10.0. The molecule has 0 aliphatic heterocycles. The van der Waals surface area contributed by atoms with Gasteiger partial charge in [0.1, 0.15) is 5.60 Å². The lowest BCUT2D eigenvalue weighted by Crippen LogP contribution is -2.27. The van der Waals surface area contributed by atoms with E-state index >= 15 is 0 Å². The van der Waals surface area contributed by atoms with Gasteiger partial charge in [-0.15, -0.1) is 0 Å². The number of primary amides is 1. The van der Waals surface area contributed by atoms with Gasteiger partial charge in [-0.2, -0.15) is 0 Å². The second-order valence-electron chi connectivity index (χ2n) is 5.78. The molecule has 1 aromatic carbocycles. The number of amides is 1. The molecule has 3 aromatic rings. The fraction of sp³-hybridized carbons (Fsp3) is 0.235. The molecule has 110 valence electrons. The van der Waals surface area contributed by atoms with Gasteiger partial charge in [0, 0.05) is 16.6 Å². The van der Waals surface area contributed by atoms with E-state index in [0.29, 0.717) is 0 Å². The van der Waals surface area contributed by atoms with Gasteiger partial charge in [-0.3, -0.25) is 0 Å². The van der Waals surface area contributed by atoms with Gasteiger partial charge in [-0.05, 0) is 44.5 Å². The van der Waals surface area contributed by atoms with Gasteiger partial charge < -0.3 is 15.5 Å². The van der Waals surface area contributed by atoms with E-state index in [1.807, 2.05) is 6.07 Å². The lowest BCUT2D eigenvalue weighted by atomic mass is 10.1. The molecule has 0 fully saturated rings. The average Bonchev–Trinajstić information content (AvgIpc) is 2.99. The molecule has 0 saturated carbocycles. The first-order valence-electron chi connectivity index (χ1n) is 6.80. The Hall–Kier alpha value is -2.49. The Bertz CT molecular complexity index is 696. The molecule has 0 aliphatic carbocycles. The van der Waals surface area contributed by atoms with Crippen LogP contribution < -0.4 is 5.73 Å². The van der Waals surface area contributed by atoms with Gasteiger partial charge in [0.05, 0.1) is 0 Å². The van der Waals surface area contributed by atoms with Crippen molar-refractivity contribution in [3.63, 3.8) is 0 Å². The van der Waals surface area contributed by atoms with Crippen molar-refractivity contribution in [1.29, 1.82) is 0 Å². The van der Waals surface area contributed by atoms with Crippen molar-refractivity contribution in [2.75, 3.05) is 0 Å². The van der Waals surface area contributed by atoms with Crippen molar-refractivity contribution in [2.24, 2.45) is 5.73 Å². The highest BCUT2D eigenvalue weighted by atomic mass is 16.6. The van der Waals surface area contributed by atoms with Crippen LogP contribution >= 0.6 is 0 Å². The molecule has 1 amide bonds. The SMILES string of the molecule is CC(C)(C)OC(N)=O.c1ccc(-c2cc3ccc2[nH]3)cc1. The fourth-order valence-corrected chi connectivity index (χ4v) is 2.04. The molecule has 3 N–H and O–H groups in total. The largest absolute Gasteiger partial charge is 0.444 e. The molecule has 0 spiro atoms. The van der Waals surface area contributed by atoms with Crippen molar-refractivity contribution >= 4 is 17.1 Å². The number of carbonyl (C=O) groups is 1. The number of nitrogens with two attached hydrogens (primary N) is 1. The third-order valence-electron chi connectivity index (χ3n) is 2.79. The standard InChI is InChI=1S/C12H9N.C5H11NO2/c1-2-4-9(5-3-1)11-8-10-6-7-12(11)13-10;1-5(2,3)8-4(6)7/h1-8,13H;1-3H3,(H2,6,7). The summed E-state index contributed by atoms with van der Waals surface area (Å²) in [5, 5.41) is 0. The summed E-state index contributed by atoms with van der Waals surface area (Å²) >= 11 is 0. The van der Waals surface area contributed by atoms with Gasteiger partial charge in [0.2, 0.25) is 0 Å². The number of rotatable bonds is 1. The lowest BCUT2D eigenvalue weighted by Gasteiger charge is -2.16. The molecule has 4 heteroatoms. The highest BCUT2D eigenvalue weighted by Gasteiger charge is 2.12. The Kier molecular flexibility index (Phi) is 4.17. The number of benzene rings is 2. The first-order chi connectivity index (χ1) is 9.85. The molecule has 2 bridgehead atoms. The number of aromatic nitrogens is 1. The van der Waals surface area contributed by atoms with Crippen LogP contribution in [-0.4, -0.2) is 16.7 Å². The van der Waals surface area contributed by atoms with Crippen molar-refractivity contribution in [3.05, 3.63) is 48.5 Å². The summed E-state index contributed by atoms with van der Waals surface area (Å²) in [4.78, 5) is 13.3. The quantitative estimate of drug-likeness (QED) is 0.704. The Morgan fingerprint density at radius 2 is 1.76 bits per heavy atom. The number of nitrogens with one attached hydrogen (secondary N) is 1. The van der Waals surface area contributed by atoms with Gasteiger partial charge in [-0.1, -0.05) is 30.3 Å². The molecular weight excluding hydrogens is 264 g/mol. The molecule has 3 rings (SSSR count). The smallest absolute Gasteiger partial charge is 0.405 e. The molecule has 21 heavy (non-hydrogen) atoms. The third kappa shape index (κ3) is 4.24.